The topological polar surface area (TPSA) is 76.6 Å². The molecular weight excluding hydrogens is 348 g/mol. The molecule has 0 saturated carbocycles. The van der Waals surface area contributed by atoms with Crippen LogP contribution in [-0.4, -0.2) is 104 Å². The quantitative estimate of drug-likeness (QED) is 0.713. The zero-order valence-corrected chi connectivity index (χ0v) is 15.8. The predicted octanol–water partition coefficient (Wildman–Crippen LogP) is -0.520. The summed E-state index contributed by atoms with van der Waals surface area (Å²) < 4.78 is 5.41. The fourth-order valence-electron chi connectivity index (χ4n) is 3.63. The third-order valence-corrected chi connectivity index (χ3v) is 5.25. The number of ether oxygens (including phenoxy) is 1. The summed E-state index contributed by atoms with van der Waals surface area (Å²) >= 11 is 0. The first kappa shape index (κ1) is 19.4. The Labute approximate surface area is 159 Å². The molecule has 2 heterocycles. The maximum atomic E-state index is 12.6. The van der Waals surface area contributed by atoms with Gasteiger partial charge in [-0.1, -0.05) is 12.1 Å². The van der Waals surface area contributed by atoms with Crippen LogP contribution in [0.3, 0.4) is 0 Å². The number of rotatable bonds is 4. The van der Waals surface area contributed by atoms with Gasteiger partial charge in [-0.05, 0) is 12.1 Å². The van der Waals surface area contributed by atoms with Crippen molar-refractivity contribution < 1.29 is 19.4 Å². The SMILES string of the molecule is COc1ccccc1N1CCN(C(=O)C(=O)N2CCN(CCO)CC2)CC1. The highest BCUT2D eigenvalue weighted by Crippen LogP contribution is 2.28. The van der Waals surface area contributed by atoms with Crippen LogP contribution in [-0.2, 0) is 9.59 Å². The number of carbonyl (C=O) groups is 2. The Morgan fingerprint density at radius 3 is 2.04 bits per heavy atom. The van der Waals surface area contributed by atoms with E-state index in [9.17, 15) is 9.59 Å². The van der Waals surface area contributed by atoms with Gasteiger partial charge in [-0.3, -0.25) is 14.5 Å². The van der Waals surface area contributed by atoms with E-state index in [-0.39, 0.29) is 6.61 Å². The minimum absolute atomic E-state index is 0.114. The van der Waals surface area contributed by atoms with Crippen LogP contribution in [0.1, 0.15) is 0 Å². The van der Waals surface area contributed by atoms with Crippen LogP contribution in [0.4, 0.5) is 5.69 Å². The molecule has 148 valence electrons. The number of carbonyl (C=O) groups excluding carboxylic acids is 2. The molecule has 1 aromatic carbocycles. The normalized spacial score (nSPS) is 18.5. The summed E-state index contributed by atoms with van der Waals surface area (Å²) in [6.45, 7) is 5.57. The summed E-state index contributed by atoms with van der Waals surface area (Å²) in [5, 5.41) is 8.99. The lowest BCUT2D eigenvalue weighted by atomic mass is 10.2. The maximum absolute atomic E-state index is 12.6. The van der Waals surface area contributed by atoms with Crippen molar-refractivity contribution in [2.45, 2.75) is 0 Å². The Morgan fingerprint density at radius 1 is 0.926 bits per heavy atom. The Hall–Kier alpha value is -2.32. The van der Waals surface area contributed by atoms with E-state index in [2.05, 4.69) is 9.80 Å². The molecule has 2 fully saturated rings. The number of β-amino-alcohol motifs (C(OH)–C–C–N with tert-alkyl or cyclic N) is 1. The van der Waals surface area contributed by atoms with Crippen molar-refractivity contribution in [2.75, 3.05) is 77.5 Å². The van der Waals surface area contributed by atoms with Gasteiger partial charge >= 0.3 is 11.8 Å². The van der Waals surface area contributed by atoms with Gasteiger partial charge in [0, 0.05) is 58.9 Å². The van der Waals surface area contributed by atoms with Gasteiger partial charge in [0.2, 0.25) is 0 Å². The number of amides is 2. The maximum Gasteiger partial charge on any atom is 0.312 e. The van der Waals surface area contributed by atoms with E-state index in [1.807, 2.05) is 24.3 Å². The standard InChI is InChI=1S/C19H28N4O4/c1-27-17-5-3-2-4-16(17)21-10-12-23(13-11-21)19(26)18(25)22-8-6-20(7-9-22)14-15-24/h2-5,24H,6-15H2,1H3. The van der Waals surface area contributed by atoms with Gasteiger partial charge in [0.25, 0.3) is 0 Å². The van der Waals surface area contributed by atoms with Crippen LogP contribution in [0.25, 0.3) is 0 Å². The second-order valence-corrected chi connectivity index (χ2v) is 6.81. The molecule has 0 atom stereocenters. The van der Waals surface area contributed by atoms with Gasteiger partial charge in [0.15, 0.2) is 0 Å². The van der Waals surface area contributed by atoms with Crippen LogP contribution in [0, 0.1) is 0 Å². The Bertz CT molecular complexity index is 653. The molecule has 27 heavy (non-hydrogen) atoms. The fraction of sp³-hybridized carbons (Fsp3) is 0.579. The molecule has 0 radical (unpaired) electrons. The van der Waals surface area contributed by atoms with Crippen molar-refractivity contribution in [1.29, 1.82) is 0 Å². The number of benzene rings is 1. The lowest BCUT2D eigenvalue weighted by Gasteiger charge is -2.38. The molecule has 0 unspecified atom stereocenters. The lowest BCUT2D eigenvalue weighted by Crippen LogP contribution is -2.56. The highest BCUT2D eigenvalue weighted by molar-refractivity contribution is 6.35. The third-order valence-electron chi connectivity index (χ3n) is 5.25. The largest absolute Gasteiger partial charge is 0.495 e. The molecule has 0 bridgehead atoms. The first-order valence-corrected chi connectivity index (χ1v) is 9.43. The second kappa shape index (κ2) is 9.05. The fourth-order valence-corrected chi connectivity index (χ4v) is 3.63. The van der Waals surface area contributed by atoms with Crippen LogP contribution in [0.5, 0.6) is 5.75 Å². The molecule has 2 amide bonds. The van der Waals surface area contributed by atoms with Crippen molar-refractivity contribution >= 4 is 17.5 Å². The van der Waals surface area contributed by atoms with Gasteiger partial charge < -0.3 is 24.5 Å². The molecule has 1 N–H and O–H groups in total. The average molecular weight is 376 g/mol. The van der Waals surface area contributed by atoms with E-state index < -0.39 is 11.8 Å². The molecular formula is C19H28N4O4. The lowest BCUT2D eigenvalue weighted by molar-refractivity contribution is -0.153. The summed E-state index contributed by atoms with van der Waals surface area (Å²) in [7, 11) is 1.65. The Balaban J connectivity index is 1.52. The first-order chi connectivity index (χ1) is 13.1. The van der Waals surface area contributed by atoms with E-state index in [0.29, 0.717) is 58.9 Å². The van der Waals surface area contributed by atoms with E-state index in [1.165, 1.54) is 0 Å². The number of hydrogen-bond acceptors (Lipinski definition) is 6. The highest BCUT2D eigenvalue weighted by Gasteiger charge is 2.31. The number of nitrogens with zero attached hydrogens (tertiary/aromatic N) is 4. The molecule has 8 heteroatoms. The number of aliphatic hydroxyl groups is 1. The van der Waals surface area contributed by atoms with Gasteiger partial charge in [0.05, 0.1) is 19.4 Å². The molecule has 0 aromatic heterocycles. The van der Waals surface area contributed by atoms with Crippen molar-refractivity contribution in [3.8, 4) is 5.75 Å². The van der Waals surface area contributed by atoms with Crippen molar-refractivity contribution in [3.63, 3.8) is 0 Å². The van der Waals surface area contributed by atoms with Crippen LogP contribution >= 0.6 is 0 Å². The Morgan fingerprint density at radius 2 is 1.48 bits per heavy atom. The number of piperazine rings is 2. The van der Waals surface area contributed by atoms with Crippen molar-refractivity contribution in [2.24, 2.45) is 0 Å². The monoisotopic (exact) mass is 376 g/mol. The summed E-state index contributed by atoms with van der Waals surface area (Å²) in [4.78, 5) is 32.7. The number of aliphatic hydroxyl groups excluding tert-OH is 1. The second-order valence-electron chi connectivity index (χ2n) is 6.81. The summed E-state index contributed by atoms with van der Waals surface area (Å²) in [5.41, 5.74) is 1.01. The number of anilines is 1. The third kappa shape index (κ3) is 4.51. The van der Waals surface area contributed by atoms with Gasteiger partial charge in [0.1, 0.15) is 5.75 Å². The van der Waals surface area contributed by atoms with E-state index in [4.69, 9.17) is 9.84 Å². The van der Waals surface area contributed by atoms with Crippen LogP contribution < -0.4 is 9.64 Å². The molecule has 2 aliphatic rings. The minimum Gasteiger partial charge on any atom is -0.495 e. The zero-order chi connectivity index (χ0) is 19.2. The summed E-state index contributed by atoms with van der Waals surface area (Å²) in [6, 6.07) is 7.83. The molecule has 2 aliphatic heterocycles. The van der Waals surface area contributed by atoms with E-state index in [1.54, 1.807) is 16.9 Å². The van der Waals surface area contributed by atoms with E-state index in [0.717, 1.165) is 11.4 Å². The van der Waals surface area contributed by atoms with Crippen molar-refractivity contribution in [3.05, 3.63) is 24.3 Å². The predicted molar refractivity (Wildman–Crippen MR) is 102 cm³/mol. The molecule has 0 spiro atoms. The molecule has 0 aliphatic carbocycles. The highest BCUT2D eigenvalue weighted by atomic mass is 16.5. The summed E-state index contributed by atoms with van der Waals surface area (Å²) in [6.07, 6.45) is 0. The minimum atomic E-state index is -0.413. The molecule has 8 nitrogen and oxygen atoms in total. The Kier molecular flexibility index (Phi) is 6.52. The summed E-state index contributed by atoms with van der Waals surface area (Å²) in [5.74, 6) is -0.0104. The van der Waals surface area contributed by atoms with Crippen molar-refractivity contribution in [1.82, 2.24) is 14.7 Å². The van der Waals surface area contributed by atoms with Gasteiger partial charge in [-0.15, -0.1) is 0 Å². The zero-order valence-electron chi connectivity index (χ0n) is 15.8. The smallest absolute Gasteiger partial charge is 0.312 e. The van der Waals surface area contributed by atoms with E-state index >= 15 is 0 Å². The number of hydrogen-bond donors (Lipinski definition) is 1. The molecule has 3 rings (SSSR count). The first-order valence-electron chi connectivity index (χ1n) is 9.43. The van der Waals surface area contributed by atoms with Crippen LogP contribution in [0.15, 0.2) is 24.3 Å². The van der Waals surface area contributed by atoms with Gasteiger partial charge in [-0.25, -0.2) is 0 Å². The number of para-hydroxylation sites is 2. The van der Waals surface area contributed by atoms with Gasteiger partial charge in [-0.2, -0.15) is 0 Å². The average Bonchev–Trinajstić information content (AvgIpc) is 2.73. The van der Waals surface area contributed by atoms with Crippen LogP contribution in [0.2, 0.25) is 0 Å². The molecule has 1 aromatic rings. The molecule has 2 saturated heterocycles. The number of methoxy groups -OCH3 is 1.